The summed E-state index contributed by atoms with van der Waals surface area (Å²) in [4.78, 5) is 12.2. The molecule has 1 amide bonds. The van der Waals surface area contributed by atoms with Crippen LogP contribution in [0, 0.1) is 5.82 Å². The number of nitrogens with zero attached hydrogens (tertiary/aromatic N) is 1. The number of aryl methyl sites for hydroxylation is 1. The molecule has 0 aliphatic rings. The van der Waals surface area contributed by atoms with E-state index in [-0.39, 0.29) is 30.7 Å². The Labute approximate surface area is 200 Å². The lowest BCUT2D eigenvalue weighted by atomic mass is 10.1. The molecular weight excluding hydrogens is 455 g/mol. The highest BCUT2D eigenvalue weighted by Crippen LogP contribution is 2.24. The fourth-order valence-electron chi connectivity index (χ4n) is 3.46. The number of carbonyl (C=O) groups excluding carboxylic acids is 1. The van der Waals surface area contributed by atoms with E-state index in [1.165, 1.54) is 11.6 Å². The third-order valence-corrected chi connectivity index (χ3v) is 6.42. The molecule has 0 radical (unpaired) electrons. The number of benzene rings is 3. The first kappa shape index (κ1) is 25.2. The van der Waals surface area contributed by atoms with Crippen LogP contribution >= 0.6 is 0 Å². The van der Waals surface area contributed by atoms with Crippen molar-refractivity contribution >= 4 is 21.6 Å². The number of hydrogen-bond acceptors (Lipinski definition) is 4. The topological polar surface area (TPSA) is 75.7 Å². The average Bonchev–Trinajstić information content (AvgIpc) is 2.81. The molecule has 0 saturated carbocycles. The van der Waals surface area contributed by atoms with Crippen molar-refractivity contribution in [3.05, 3.63) is 95.8 Å². The van der Waals surface area contributed by atoms with Crippen LogP contribution in [0.3, 0.4) is 0 Å². The molecule has 0 aliphatic carbocycles. The Morgan fingerprint density at radius 2 is 1.65 bits per heavy atom. The van der Waals surface area contributed by atoms with Gasteiger partial charge in [-0.3, -0.25) is 9.10 Å². The average molecular weight is 485 g/mol. The Morgan fingerprint density at radius 3 is 2.29 bits per heavy atom. The van der Waals surface area contributed by atoms with Crippen LogP contribution in [0.25, 0.3) is 0 Å². The number of sulfonamides is 1. The molecule has 0 aromatic heterocycles. The molecule has 180 valence electrons. The Kier molecular flexibility index (Phi) is 8.65. The van der Waals surface area contributed by atoms with E-state index in [1.54, 1.807) is 42.5 Å². The van der Waals surface area contributed by atoms with Crippen LogP contribution in [-0.2, 0) is 27.8 Å². The second-order valence-electron chi connectivity index (χ2n) is 8.14. The van der Waals surface area contributed by atoms with Gasteiger partial charge >= 0.3 is 0 Å². The molecule has 1 atom stereocenters. The van der Waals surface area contributed by atoms with E-state index < -0.39 is 15.8 Å². The van der Waals surface area contributed by atoms with Gasteiger partial charge in [-0.05, 0) is 55.7 Å². The first-order chi connectivity index (χ1) is 16.2. The SMILES string of the molecule is CC(CCc1ccccc1)NC(=O)COc1ccc(N(Cc2ccccc2F)S(C)(=O)=O)cc1. The summed E-state index contributed by atoms with van der Waals surface area (Å²) in [6.45, 7) is 1.67. The molecule has 0 fully saturated rings. The summed E-state index contributed by atoms with van der Waals surface area (Å²) in [6.07, 6.45) is 2.75. The minimum absolute atomic E-state index is 0.000355. The normalized spacial score (nSPS) is 12.1. The van der Waals surface area contributed by atoms with E-state index in [2.05, 4.69) is 17.4 Å². The monoisotopic (exact) mass is 484 g/mol. The van der Waals surface area contributed by atoms with Gasteiger partial charge in [-0.2, -0.15) is 0 Å². The summed E-state index contributed by atoms with van der Waals surface area (Å²) in [5, 5.41) is 2.92. The van der Waals surface area contributed by atoms with Crippen LogP contribution in [0.5, 0.6) is 5.75 Å². The van der Waals surface area contributed by atoms with Gasteiger partial charge in [-0.25, -0.2) is 12.8 Å². The smallest absolute Gasteiger partial charge is 0.258 e. The third kappa shape index (κ3) is 7.59. The van der Waals surface area contributed by atoms with E-state index >= 15 is 0 Å². The molecule has 0 bridgehead atoms. The number of carbonyl (C=O) groups is 1. The number of amides is 1. The van der Waals surface area contributed by atoms with Crippen molar-refractivity contribution in [1.82, 2.24) is 5.32 Å². The van der Waals surface area contributed by atoms with Crippen molar-refractivity contribution in [2.24, 2.45) is 0 Å². The van der Waals surface area contributed by atoms with Crippen LogP contribution in [0.15, 0.2) is 78.9 Å². The van der Waals surface area contributed by atoms with Crippen molar-refractivity contribution < 1.29 is 22.3 Å². The largest absolute Gasteiger partial charge is 0.484 e. The summed E-state index contributed by atoms with van der Waals surface area (Å²) < 4.78 is 45.3. The Morgan fingerprint density at radius 1 is 1.00 bits per heavy atom. The Bertz CT molecular complexity index is 1180. The maximum Gasteiger partial charge on any atom is 0.258 e. The van der Waals surface area contributed by atoms with E-state index in [0.717, 1.165) is 23.4 Å². The van der Waals surface area contributed by atoms with Gasteiger partial charge in [0.2, 0.25) is 10.0 Å². The minimum Gasteiger partial charge on any atom is -0.484 e. The van der Waals surface area contributed by atoms with E-state index in [1.807, 2.05) is 25.1 Å². The maximum absolute atomic E-state index is 14.0. The zero-order chi connectivity index (χ0) is 24.6. The fourth-order valence-corrected chi connectivity index (χ4v) is 4.33. The van der Waals surface area contributed by atoms with Crippen LogP contribution in [0.4, 0.5) is 10.1 Å². The number of rotatable bonds is 11. The third-order valence-electron chi connectivity index (χ3n) is 5.28. The lowest BCUT2D eigenvalue weighted by molar-refractivity contribution is -0.123. The van der Waals surface area contributed by atoms with Crippen LogP contribution in [-0.4, -0.2) is 33.2 Å². The Hall–Kier alpha value is -3.39. The second-order valence-corrected chi connectivity index (χ2v) is 10.0. The number of ether oxygens (including phenoxy) is 1. The quantitative estimate of drug-likeness (QED) is 0.440. The summed E-state index contributed by atoms with van der Waals surface area (Å²) in [6, 6.07) is 22.4. The molecule has 1 N–H and O–H groups in total. The van der Waals surface area contributed by atoms with Crippen LogP contribution in [0.1, 0.15) is 24.5 Å². The molecule has 3 aromatic carbocycles. The van der Waals surface area contributed by atoms with Crippen molar-refractivity contribution in [2.45, 2.75) is 32.4 Å². The molecule has 3 aromatic rings. The predicted molar refractivity (Wildman–Crippen MR) is 132 cm³/mol. The van der Waals surface area contributed by atoms with Gasteiger partial charge in [0.15, 0.2) is 6.61 Å². The number of halogens is 1. The van der Waals surface area contributed by atoms with Crippen LogP contribution < -0.4 is 14.4 Å². The minimum atomic E-state index is -3.65. The summed E-state index contributed by atoms with van der Waals surface area (Å²) in [5.74, 6) is -0.280. The van der Waals surface area contributed by atoms with Gasteiger partial charge in [0.1, 0.15) is 11.6 Å². The van der Waals surface area contributed by atoms with Gasteiger partial charge in [0.25, 0.3) is 5.91 Å². The van der Waals surface area contributed by atoms with E-state index in [4.69, 9.17) is 4.74 Å². The molecule has 0 saturated heterocycles. The number of hydrogen-bond donors (Lipinski definition) is 1. The van der Waals surface area contributed by atoms with Gasteiger partial charge in [-0.1, -0.05) is 48.5 Å². The highest BCUT2D eigenvalue weighted by Gasteiger charge is 2.19. The number of nitrogens with one attached hydrogen (secondary N) is 1. The highest BCUT2D eigenvalue weighted by atomic mass is 32.2. The molecule has 0 heterocycles. The molecular formula is C26H29FN2O4S. The standard InChI is InChI=1S/C26H29FN2O4S/c1-20(12-13-21-8-4-3-5-9-21)28-26(30)19-33-24-16-14-23(15-17-24)29(34(2,31)32)18-22-10-6-7-11-25(22)27/h3-11,14-17,20H,12-13,18-19H2,1-2H3,(H,28,30). The molecule has 6 nitrogen and oxygen atoms in total. The first-order valence-electron chi connectivity index (χ1n) is 11.0. The highest BCUT2D eigenvalue weighted by molar-refractivity contribution is 7.92. The summed E-state index contributed by atoms with van der Waals surface area (Å²) in [7, 11) is -3.65. The molecule has 34 heavy (non-hydrogen) atoms. The van der Waals surface area contributed by atoms with Crippen molar-refractivity contribution in [1.29, 1.82) is 0 Å². The van der Waals surface area contributed by atoms with Gasteiger partial charge in [0, 0.05) is 11.6 Å². The zero-order valence-electron chi connectivity index (χ0n) is 19.3. The van der Waals surface area contributed by atoms with E-state index in [9.17, 15) is 17.6 Å². The van der Waals surface area contributed by atoms with Crippen LogP contribution in [0.2, 0.25) is 0 Å². The lowest BCUT2D eigenvalue weighted by Crippen LogP contribution is -2.36. The maximum atomic E-state index is 14.0. The van der Waals surface area contributed by atoms with Gasteiger partial charge in [0.05, 0.1) is 18.5 Å². The van der Waals surface area contributed by atoms with Crippen molar-refractivity contribution in [3.8, 4) is 5.75 Å². The summed E-state index contributed by atoms with van der Waals surface area (Å²) in [5.41, 5.74) is 1.86. The van der Waals surface area contributed by atoms with Gasteiger partial charge < -0.3 is 10.1 Å². The van der Waals surface area contributed by atoms with Crippen molar-refractivity contribution in [2.75, 3.05) is 17.2 Å². The predicted octanol–water partition coefficient (Wildman–Crippen LogP) is 4.31. The number of anilines is 1. The molecule has 8 heteroatoms. The molecule has 0 aliphatic heterocycles. The lowest BCUT2D eigenvalue weighted by Gasteiger charge is -2.23. The molecule has 3 rings (SSSR count). The summed E-state index contributed by atoms with van der Waals surface area (Å²) >= 11 is 0. The zero-order valence-corrected chi connectivity index (χ0v) is 20.1. The van der Waals surface area contributed by atoms with E-state index in [0.29, 0.717) is 11.4 Å². The Balaban J connectivity index is 1.53. The van der Waals surface area contributed by atoms with Crippen molar-refractivity contribution in [3.63, 3.8) is 0 Å². The molecule has 0 spiro atoms. The van der Waals surface area contributed by atoms with Gasteiger partial charge in [-0.15, -0.1) is 0 Å². The first-order valence-corrected chi connectivity index (χ1v) is 12.8. The molecule has 1 unspecified atom stereocenters. The fraction of sp³-hybridized carbons (Fsp3) is 0.269. The second kappa shape index (κ2) is 11.7.